The average Bonchev–Trinajstić information content (AvgIpc) is 3.28. The summed E-state index contributed by atoms with van der Waals surface area (Å²) >= 11 is 0. The molecule has 0 bridgehead atoms. The van der Waals surface area contributed by atoms with Gasteiger partial charge in [-0.2, -0.15) is 0 Å². The quantitative estimate of drug-likeness (QED) is 0.230. The second-order valence-corrected chi connectivity index (χ2v) is 6.26. The zero-order valence-corrected chi connectivity index (χ0v) is 16.8. The van der Waals surface area contributed by atoms with Crippen LogP contribution in [0.1, 0.15) is 33.1 Å². The van der Waals surface area contributed by atoms with E-state index < -0.39 is 0 Å². The normalized spacial score (nSPS) is 21.7. The van der Waals surface area contributed by atoms with E-state index in [-0.39, 0.29) is 35.8 Å². The van der Waals surface area contributed by atoms with Gasteiger partial charge in [-0.25, -0.2) is 0 Å². The van der Waals surface area contributed by atoms with Crippen LogP contribution in [0.5, 0.6) is 0 Å². The Bertz CT molecular complexity index is 387. The van der Waals surface area contributed by atoms with Gasteiger partial charge in [0, 0.05) is 38.6 Å². The molecule has 1 unspecified atom stereocenters. The minimum Gasteiger partial charge on any atom is -0.357 e. The van der Waals surface area contributed by atoms with E-state index in [9.17, 15) is 4.79 Å². The van der Waals surface area contributed by atoms with Gasteiger partial charge in [0.15, 0.2) is 5.96 Å². The number of halogens is 1. The Balaban J connectivity index is 0.00000264. The van der Waals surface area contributed by atoms with Crippen molar-refractivity contribution >= 4 is 35.8 Å². The second kappa shape index (κ2) is 11.1. The van der Waals surface area contributed by atoms with Crippen LogP contribution in [0.4, 0.5) is 0 Å². The molecular weight excluding hydrogens is 405 g/mol. The third kappa shape index (κ3) is 7.69. The summed E-state index contributed by atoms with van der Waals surface area (Å²) in [7, 11) is 0. The SMILES string of the molecule is CCNC(=NCC1CCN(CC)C1)NCCNC(=O)C1CC1.I. The van der Waals surface area contributed by atoms with Crippen molar-refractivity contribution in [2.75, 3.05) is 45.8 Å². The van der Waals surface area contributed by atoms with Gasteiger partial charge in [0.1, 0.15) is 0 Å². The fourth-order valence-electron chi connectivity index (χ4n) is 2.77. The maximum absolute atomic E-state index is 11.5. The van der Waals surface area contributed by atoms with Crippen LogP contribution in [0.15, 0.2) is 4.99 Å². The molecule has 1 aliphatic heterocycles. The highest BCUT2D eigenvalue weighted by Gasteiger charge is 2.29. The summed E-state index contributed by atoms with van der Waals surface area (Å²) in [5.74, 6) is 2.02. The van der Waals surface area contributed by atoms with Gasteiger partial charge in [-0.1, -0.05) is 6.92 Å². The van der Waals surface area contributed by atoms with Crippen LogP contribution < -0.4 is 16.0 Å². The van der Waals surface area contributed by atoms with Gasteiger partial charge in [-0.3, -0.25) is 9.79 Å². The lowest BCUT2D eigenvalue weighted by Gasteiger charge is -2.14. The minimum atomic E-state index is 0. The van der Waals surface area contributed by atoms with Crippen LogP contribution in [-0.4, -0.2) is 62.6 Å². The van der Waals surface area contributed by atoms with E-state index in [2.05, 4.69) is 39.7 Å². The number of hydrogen-bond acceptors (Lipinski definition) is 3. The summed E-state index contributed by atoms with van der Waals surface area (Å²) in [6, 6.07) is 0. The average molecular weight is 437 g/mol. The maximum Gasteiger partial charge on any atom is 0.223 e. The van der Waals surface area contributed by atoms with Crippen LogP contribution in [0.2, 0.25) is 0 Å². The van der Waals surface area contributed by atoms with E-state index in [4.69, 9.17) is 0 Å². The van der Waals surface area contributed by atoms with Gasteiger partial charge < -0.3 is 20.9 Å². The number of guanidine groups is 1. The van der Waals surface area contributed by atoms with Crippen molar-refractivity contribution in [3.63, 3.8) is 0 Å². The summed E-state index contributed by atoms with van der Waals surface area (Å²) in [5, 5.41) is 9.52. The van der Waals surface area contributed by atoms with Crippen molar-refractivity contribution in [2.24, 2.45) is 16.8 Å². The van der Waals surface area contributed by atoms with Gasteiger partial charge in [-0.05, 0) is 45.2 Å². The molecule has 3 N–H and O–H groups in total. The Hall–Kier alpha value is -0.570. The Labute approximate surface area is 157 Å². The molecule has 1 amide bonds. The van der Waals surface area contributed by atoms with Gasteiger partial charge in [-0.15, -0.1) is 24.0 Å². The van der Waals surface area contributed by atoms with E-state index >= 15 is 0 Å². The molecule has 0 aromatic rings. The molecule has 1 aliphatic carbocycles. The third-order valence-electron chi connectivity index (χ3n) is 4.33. The summed E-state index contributed by atoms with van der Waals surface area (Å²) in [5.41, 5.74) is 0. The van der Waals surface area contributed by atoms with Crippen molar-refractivity contribution < 1.29 is 4.79 Å². The lowest BCUT2D eigenvalue weighted by molar-refractivity contribution is -0.122. The molecule has 134 valence electrons. The molecule has 1 atom stereocenters. The van der Waals surface area contributed by atoms with Crippen LogP contribution in [0.25, 0.3) is 0 Å². The molecule has 0 spiro atoms. The van der Waals surface area contributed by atoms with E-state index in [1.54, 1.807) is 0 Å². The number of nitrogens with zero attached hydrogens (tertiary/aromatic N) is 2. The Morgan fingerprint density at radius 2 is 1.87 bits per heavy atom. The summed E-state index contributed by atoms with van der Waals surface area (Å²) in [6.07, 6.45) is 3.35. The highest BCUT2D eigenvalue weighted by atomic mass is 127. The second-order valence-electron chi connectivity index (χ2n) is 6.26. The van der Waals surface area contributed by atoms with Crippen molar-refractivity contribution in [3.05, 3.63) is 0 Å². The molecule has 2 fully saturated rings. The zero-order chi connectivity index (χ0) is 15.8. The summed E-state index contributed by atoms with van der Waals surface area (Å²) in [6.45, 7) is 10.9. The van der Waals surface area contributed by atoms with Crippen molar-refractivity contribution in [1.29, 1.82) is 0 Å². The smallest absolute Gasteiger partial charge is 0.223 e. The van der Waals surface area contributed by atoms with E-state index in [0.717, 1.165) is 51.5 Å². The van der Waals surface area contributed by atoms with E-state index in [1.807, 2.05) is 0 Å². The first-order valence-corrected chi connectivity index (χ1v) is 8.75. The van der Waals surface area contributed by atoms with Crippen LogP contribution in [0, 0.1) is 11.8 Å². The topological polar surface area (TPSA) is 68.8 Å². The maximum atomic E-state index is 11.5. The van der Waals surface area contributed by atoms with E-state index in [0.29, 0.717) is 12.5 Å². The zero-order valence-electron chi connectivity index (χ0n) is 14.4. The predicted molar refractivity (Wildman–Crippen MR) is 105 cm³/mol. The summed E-state index contributed by atoms with van der Waals surface area (Å²) < 4.78 is 0. The number of carbonyl (C=O) groups is 1. The van der Waals surface area contributed by atoms with E-state index in [1.165, 1.54) is 13.0 Å². The first-order chi connectivity index (χ1) is 10.7. The number of likely N-dealkylation sites (tertiary alicyclic amines) is 1. The molecule has 0 aromatic heterocycles. The number of amides is 1. The van der Waals surface area contributed by atoms with Crippen LogP contribution in [-0.2, 0) is 4.79 Å². The molecule has 7 heteroatoms. The number of carbonyl (C=O) groups excluding carboxylic acids is 1. The van der Waals surface area contributed by atoms with Gasteiger partial charge in [0.25, 0.3) is 0 Å². The molecule has 0 radical (unpaired) electrons. The van der Waals surface area contributed by atoms with Crippen molar-refractivity contribution in [2.45, 2.75) is 33.1 Å². The molecule has 1 heterocycles. The molecular formula is C16H32IN5O. The Kier molecular flexibility index (Phi) is 9.85. The lowest BCUT2D eigenvalue weighted by atomic mass is 10.1. The van der Waals surface area contributed by atoms with Crippen molar-refractivity contribution in [1.82, 2.24) is 20.9 Å². The van der Waals surface area contributed by atoms with Crippen molar-refractivity contribution in [3.8, 4) is 0 Å². The molecule has 2 rings (SSSR count). The fraction of sp³-hybridized carbons (Fsp3) is 0.875. The summed E-state index contributed by atoms with van der Waals surface area (Å²) in [4.78, 5) is 18.7. The van der Waals surface area contributed by atoms with Crippen LogP contribution in [0.3, 0.4) is 0 Å². The first kappa shape index (κ1) is 20.5. The number of aliphatic imine (C=N–C) groups is 1. The minimum absolute atomic E-state index is 0. The first-order valence-electron chi connectivity index (χ1n) is 8.75. The molecule has 2 aliphatic rings. The number of rotatable bonds is 8. The molecule has 6 nitrogen and oxygen atoms in total. The fourth-order valence-corrected chi connectivity index (χ4v) is 2.77. The lowest BCUT2D eigenvalue weighted by Crippen LogP contribution is -2.42. The molecule has 23 heavy (non-hydrogen) atoms. The predicted octanol–water partition coefficient (Wildman–Crippen LogP) is 1.03. The molecule has 1 saturated carbocycles. The Morgan fingerprint density at radius 3 is 2.48 bits per heavy atom. The molecule has 0 aromatic carbocycles. The Morgan fingerprint density at radius 1 is 1.13 bits per heavy atom. The third-order valence-corrected chi connectivity index (χ3v) is 4.33. The number of nitrogens with one attached hydrogen (secondary N) is 3. The van der Waals surface area contributed by atoms with Gasteiger partial charge >= 0.3 is 0 Å². The monoisotopic (exact) mass is 437 g/mol. The largest absolute Gasteiger partial charge is 0.357 e. The standard InChI is InChI=1S/C16H31N5O.HI/c1-3-17-16(19-9-8-18-15(22)14-5-6-14)20-11-13-7-10-21(4-2)12-13;/h13-14H,3-12H2,1-2H3,(H,18,22)(H2,17,19,20);1H. The highest BCUT2D eigenvalue weighted by molar-refractivity contribution is 14.0. The highest BCUT2D eigenvalue weighted by Crippen LogP contribution is 2.28. The van der Waals surface area contributed by atoms with Gasteiger partial charge in [0.05, 0.1) is 0 Å². The number of hydrogen-bond donors (Lipinski definition) is 3. The van der Waals surface area contributed by atoms with Crippen LogP contribution >= 0.6 is 24.0 Å². The van der Waals surface area contributed by atoms with Gasteiger partial charge in [0.2, 0.25) is 5.91 Å². The molecule has 1 saturated heterocycles.